The predicted molar refractivity (Wildman–Crippen MR) is 60.6 cm³/mol. The van der Waals surface area contributed by atoms with Crippen LogP contribution in [-0.4, -0.2) is 26.5 Å². The van der Waals surface area contributed by atoms with Crippen molar-refractivity contribution in [3.05, 3.63) is 42.5 Å². The first-order valence-corrected chi connectivity index (χ1v) is 5.39. The van der Waals surface area contributed by atoms with Crippen LogP contribution in [0.25, 0.3) is 0 Å². The monoisotopic (exact) mass is 217 g/mol. The summed E-state index contributed by atoms with van der Waals surface area (Å²) in [5.74, 6) is 0. The molecular weight excluding hydrogens is 202 g/mol. The summed E-state index contributed by atoms with van der Waals surface area (Å²) in [5.41, 5.74) is 1.21. The summed E-state index contributed by atoms with van der Waals surface area (Å²) in [6.45, 7) is 2.74. The molecule has 0 bridgehead atoms. The summed E-state index contributed by atoms with van der Waals surface area (Å²) < 4.78 is 1.84. The van der Waals surface area contributed by atoms with Crippen molar-refractivity contribution < 1.29 is 0 Å². The van der Waals surface area contributed by atoms with E-state index in [2.05, 4.69) is 26.7 Å². The molecule has 0 aliphatic carbocycles. The Kier molecular flexibility index (Phi) is 4.01. The van der Waals surface area contributed by atoms with Gasteiger partial charge in [0, 0.05) is 31.7 Å². The Morgan fingerprint density at radius 3 is 3.06 bits per heavy atom. The summed E-state index contributed by atoms with van der Waals surface area (Å²) in [5, 5.41) is 11.0. The Balaban J connectivity index is 1.59. The molecule has 2 rings (SSSR count). The highest BCUT2D eigenvalue weighted by Crippen LogP contribution is 1.94. The van der Waals surface area contributed by atoms with Crippen LogP contribution in [0.4, 0.5) is 0 Å². The van der Waals surface area contributed by atoms with Crippen molar-refractivity contribution in [1.82, 2.24) is 25.3 Å². The van der Waals surface area contributed by atoms with Crippen LogP contribution in [0, 0.1) is 0 Å². The number of aromatic nitrogens is 4. The molecule has 0 radical (unpaired) electrons. The fraction of sp³-hybridized carbons (Fsp3) is 0.364. The van der Waals surface area contributed by atoms with E-state index in [1.807, 2.05) is 23.1 Å². The van der Waals surface area contributed by atoms with Gasteiger partial charge in [0.1, 0.15) is 0 Å². The summed E-state index contributed by atoms with van der Waals surface area (Å²) in [6.07, 6.45) is 8.28. The summed E-state index contributed by atoms with van der Waals surface area (Å²) in [6, 6.07) is 4.02. The van der Waals surface area contributed by atoms with Crippen molar-refractivity contribution in [3.63, 3.8) is 0 Å². The highest BCUT2D eigenvalue weighted by molar-refractivity contribution is 5.07. The van der Waals surface area contributed by atoms with Crippen molar-refractivity contribution in [3.8, 4) is 0 Å². The van der Waals surface area contributed by atoms with Crippen molar-refractivity contribution >= 4 is 0 Å². The Hall–Kier alpha value is -1.75. The molecule has 0 aromatic carbocycles. The van der Waals surface area contributed by atoms with Crippen LogP contribution in [0.5, 0.6) is 0 Å². The van der Waals surface area contributed by atoms with Gasteiger partial charge in [-0.25, -0.2) is 0 Å². The van der Waals surface area contributed by atoms with Crippen LogP contribution >= 0.6 is 0 Å². The molecule has 0 aliphatic rings. The first-order valence-electron chi connectivity index (χ1n) is 5.39. The second-order valence-corrected chi connectivity index (χ2v) is 3.56. The fourth-order valence-corrected chi connectivity index (χ4v) is 1.45. The van der Waals surface area contributed by atoms with E-state index in [1.165, 1.54) is 5.56 Å². The molecule has 84 valence electrons. The number of hydrogen-bond acceptors (Lipinski definition) is 4. The van der Waals surface area contributed by atoms with Gasteiger partial charge in [-0.15, -0.1) is 5.10 Å². The number of pyridine rings is 1. The maximum atomic E-state index is 4.06. The molecule has 0 spiro atoms. The summed E-state index contributed by atoms with van der Waals surface area (Å²) in [4.78, 5) is 4.06. The molecule has 0 amide bonds. The van der Waals surface area contributed by atoms with Crippen LogP contribution in [0.2, 0.25) is 0 Å². The first kappa shape index (κ1) is 10.8. The van der Waals surface area contributed by atoms with Crippen LogP contribution in [0.3, 0.4) is 0 Å². The van der Waals surface area contributed by atoms with Gasteiger partial charge in [0.25, 0.3) is 0 Å². The van der Waals surface area contributed by atoms with Crippen molar-refractivity contribution in [2.24, 2.45) is 0 Å². The molecule has 1 N–H and O–H groups in total. The van der Waals surface area contributed by atoms with Crippen molar-refractivity contribution in [2.75, 3.05) is 6.54 Å². The van der Waals surface area contributed by atoms with Crippen LogP contribution in [-0.2, 0) is 13.1 Å². The van der Waals surface area contributed by atoms with E-state index < -0.39 is 0 Å². The molecule has 2 aromatic rings. The van der Waals surface area contributed by atoms with Gasteiger partial charge in [0.2, 0.25) is 0 Å². The van der Waals surface area contributed by atoms with Gasteiger partial charge in [-0.3, -0.25) is 9.67 Å². The van der Waals surface area contributed by atoms with Crippen LogP contribution in [0.1, 0.15) is 12.0 Å². The third-order valence-electron chi connectivity index (χ3n) is 2.26. The maximum Gasteiger partial charge on any atom is 0.0692 e. The molecule has 0 atom stereocenters. The zero-order valence-corrected chi connectivity index (χ0v) is 9.08. The lowest BCUT2D eigenvalue weighted by molar-refractivity contribution is 0.530. The van der Waals surface area contributed by atoms with E-state index in [4.69, 9.17) is 0 Å². The SMILES string of the molecule is c1cncc(CNCCCn2ccnn2)c1. The molecule has 0 saturated carbocycles. The van der Waals surface area contributed by atoms with Gasteiger partial charge >= 0.3 is 0 Å². The highest BCUT2D eigenvalue weighted by atomic mass is 15.4. The molecule has 2 heterocycles. The average molecular weight is 217 g/mol. The van der Waals surface area contributed by atoms with Gasteiger partial charge in [-0.2, -0.15) is 0 Å². The maximum absolute atomic E-state index is 4.06. The molecule has 0 aliphatic heterocycles. The Bertz CT molecular complexity index is 384. The zero-order chi connectivity index (χ0) is 11.1. The molecule has 5 nitrogen and oxygen atoms in total. The van der Waals surface area contributed by atoms with E-state index in [9.17, 15) is 0 Å². The predicted octanol–water partition coefficient (Wildman–Crippen LogP) is 0.853. The Labute approximate surface area is 94.5 Å². The second-order valence-electron chi connectivity index (χ2n) is 3.56. The minimum Gasteiger partial charge on any atom is -0.313 e. The van der Waals surface area contributed by atoms with Gasteiger partial charge in [-0.05, 0) is 24.6 Å². The lowest BCUT2D eigenvalue weighted by Crippen LogP contribution is -2.16. The highest BCUT2D eigenvalue weighted by Gasteiger charge is 1.93. The normalized spacial score (nSPS) is 10.5. The quantitative estimate of drug-likeness (QED) is 0.729. The largest absolute Gasteiger partial charge is 0.313 e. The zero-order valence-electron chi connectivity index (χ0n) is 9.08. The molecule has 0 fully saturated rings. The minimum atomic E-state index is 0.866. The van der Waals surface area contributed by atoms with Gasteiger partial charge < -0.3 is 5.32 Å². The molecule has 0 saturated heterocycles. The van der Waals surface area contributed by atoms with Gasteiger partial charge in [0.05, 0.1) is 6.20 Å². The lowest BCUT2D eigenvalue weighted by atomic mass is 10.3. The van der Waals surface area contributed by atoms with E-state index >= 15 is 0 Å². The van der Waals surface area contributed by atoms with Crippen molar-refractivity contribution in [2.45, 2.75) is 19.5 Å². The smallest absolute Gasteiger partial charge is 0.0692 e. The van der Waals surface area contributed by atoms with E-state index in [0.29, 0.717) is 0 Å². The van der Waals surface area contributed by atoms with Crippen molar-refractivity contribution in [1.29, 1.82) is 0 Å². The number of nitrogens with one attached hydrogen (secondary N) is 1. The van der Waals surface area contributed by atoms with E-state index in [0.717, 1.165) is 26.1 Å². The average Bonchev–Trinajstić information content (AvgIpc) is 2.83. The standard InChI is InChI=1S/C11H15N5/c1-3-11(9-12-4-1)10-13-5-2-7-16-8-6-14-15-16/h1,3-4,6,8-9,13H,2,5,7,10H2. The number of aryl methyl sites for hydroxylation is 1. The molecule has 2 aromatic heterocycles. The van der Waals surface area contributed by atoms with Gasteiger partial charge in [0.15, 0.2) is 0 Å². The molecule has 16 heavy (non-hydrogen) atoms. The number of rotatable bonds is 6. The second kappa shape index (κ2) is 5.97. The Morgan fingerprint density at radius 1 is 1.31 bits per heavy atom. The number of nitrogens with zero attached hydrogens (tertiary/aromatic N) is 4. The molecule has 5 heteroatoms. The molecular formula is C11H15N5. The van der Waals surface area contributed by atoms with E-state index in [-0.39, 0.29) is 0 Å². The summed E-state index contributed by atoms with van der Waals surface area (Å²) >= 11 is 0. The molecule has 0 unspecified atom stereocenters. The van der Waals surface area contributed by atoms with Gasteiger partial charge in [-0.1, -0.05) is 11.3 Å². The lowest BCUT2D eigenvalue weighted by Gasteiger charge is -2.04. The fourth-order valence-electron chi connectivity index (χ4n) is 1.45. The van der Waals surface area contributed by atoms with Crippen LogP contribution < -0.4 is 5.32 Å². The third kappa shape index (κ3) is 3.43. The van der Waals surface area contributed by atoms with E-state index in [1.54, 1.807) is 12.4 Å². The van der Waals surface area contributed by atoms with Crippen LogP contribution in [0.15, 0.2) is 36.9 Å². The first-order chi connectivity index (χ1) is 7.95. The Morgan fingerprint density at radius 2 is 2.31 bits per heavy atom. The minimum absolute atomic E-state index is 0.866. The summed E-state index contributed by atoms with van der Waals surface area (Å²) in [7, 11) is 0. The topological polar surface area (TPSA) is 55.6 Å². The third-order valence-corrected chi connectivity index (χ3v) is 2.26. The number of hydrogen-bond donors (Lipinski definition) is 1.